The lowest BCUT2D eigenvalue weighted by Crippen LogP contribution is -2.41. The molecule has 0 radical (unpaired) electrons. The average molecular weight is 448 g/mol. The lowest BCUT2D eigenvalue weighted by Gasteiger charge is -2.33. The Bertz CT molecular complexity index is 858. The molecule has 6 heteroatoms. The van der Waals surface area contributed by atoms with Crippen molar-refractivity contribution in [1.82, 2.24) is 4.90 Å². The van der Waals surface area contributed by atoms with E-state index in [2.05, 4.69) is 0 Å². The van der Waals surface area contributed by atoms with Gasteiger partial charge in [-0.15, -0.1) is 0 Å². The van der Waals surface area contributed by atoms with Crippen molar-refractivity contribution in [1.29, 1.82) is 0 Å². The number of likely N-dealkylation sites (tertiary alicyclic amines) is 1. The number of halogens is 2. The summed E-state index contributed by atoms with van der Waals surface area (Å²) in [5, 5.41) is 10.8. The summed E-state index contributed by atoms with van der Waals surface area (Å²) in [6, 6.07) is 13.7. The van der Waals surface area contributed by atoms with Crippen LogP contribution < -0.4 is 4.74 Å². The van der Waals surface area contributed by atoms with Gasteiger partial charge >= 0.3 is 0 Å². The number of aliphatic hydroxyl groups is 1. The molecule has 1 aliphatic heterocycles. The molecule has 2 aromatic carbocycles. The lowest BCUT2D eigenvalue weighted by atomic mass is 9.92. The molecular formula is C24H27Cl2NO3. The predicted octanol–water partition coefficient (Wildman–Crippen LogP) is 5.27. The van der Waals surface area contributed by atoms with Gasteiger partial charge < -0.3 is 14.7 Å². The normalized spacial score (nSPS) is 24.3. The van der Waals surface area contributed by atoms with Gasteiger partial charge in [-0.1, -0.05) is 53.5 Å². The van der Waals surface area contributed by atoms with E-state index in [1.165, 1.54) is 0 Å². The monoisotopic (exact) mass is 447 g/mol. The molecule has 2 aliphatic rings. The second kappa shape index (κ2) is 9.59. The van der Waals surface area contributed by atoms with Crippen LogP contribution in [0.4, 0.5) is 0 Å². The van der Waals surface area contributed by atoms with E-state index in [4.69, 9.17) is 27.9 Å². The summed E-state index contributed by atoms with van der Waals surface area (Å²) in [7, 11) is 0. The predicted molar refractivity (Wildman–Crippen MR) is 119 cm³/mol. The summed E-state index contributed by atoms with van der Waals surface area (Å²) in [6.07, 6.45) is 4.47. The second-order valence-electron chi connectivity index (χ2n) is 8.32. The van der Waals surface area contributed by atoms with E-state index in [1.54, 1.807) is 12.1 Å². The van der Waals surface area contributed by atoms with Crippen LogP contribution in [0.15, 0.2) is 42.5 Å². The maximum absolute atomic E-state index is 13.0. The van der Waals surface area contributed by atoms with Gasteiger partial charge in [-0.25, -0.2) is 0 Å². The van der Waals surface area contributed by atoms with Gasteiger partial charge in [0.05, 0.1) is 6.10 Å². The fourth-order valence-electron chi connectivity index (χ4n) is 4.53. The number of carbonyl (C=O) groups excluding carboxylic acids is 1. The molecule has 4 rings (SSSR count). The smallest absolute Gasteiger partial charge is 0.226 e. The first-order valence-corrected chi connectivity index (χ1v) is 11.4. The Labute approximate surface area is 187 Å². The number of amides is 1. The third-order valence-electron chi connectivity index (χ3n) is 6.27. The van der Waals surface area contributed by atoms with Gasteiger partial charge in [0.1, 0.15) is 12.4 Å². The highest BCUT2D eigenvalue weighted by molar-refractivity contribution is 6.36. The quantitative estimate of drug-likeness (QED) is 0.656. The van der Waals surface area contributed by atoms with Crippen molar-refractivity contribution in [3.8, 4) is 5.75 Å². The first-order valence-electron chi connectivity index (χ1n) is 10.6. The number of ether oxygens (including phenoxy) is 1. The molecular weight excluding hydrogens is 421 g/mol. The maximum atomic E-state index is 13.0. The van der Waals surface area contributed by atoms with Crippen LogP contribution in [0.2, 0.25) is 10.0 Å². The molecule has 0 bridgehead atoms. The lowest BCUT2D eigenvalue weighted by molar-refractivity contribution is -0.133. The van der Waals surface area contributed by atoms with E-state index in [0.29, 0.717) is 28.8 Å². The van der Waals surface area contributed by atoms with E-state index in [9.17, 15) is 9.90 Å². The summed E-state index contributed by atoms with van der Waals surface area (Å²) < 4.78 is 5.84. The van der Waals surface area contributed by atoms with Crippen LogP contribution in [0, 0.1) is 5.92 Å². The fourth-order valence-corrected chi connectivity index (χ4v) is 5.15. The van der Waals surface area contributed by atoms with Gasteiger partial charge in [0.15, 0.2) is 0 Å². The molecule has 1 saturated heterocycles. The van der Waals surface area contributed by atoms with Crippen molar-refractivity contribution in [2.24, 2.45) is 5.92 Å². The molecule has 0 aromatic heterocycles. The van der Waals surface area contributed by atoms with Crippen LogP contribution in [0.5, 0.6) is 5.75 Å². The van der Waals surface area contributed by atoms with Crippen LogP contribution in [-0.4, -0.2) is 34.6 Å². The zero-order chi connectivity index (χ0) is 21.1. The minimum absolute atomic E-state index is 0.0945. The Morgan fingerprint density at radius 1 is 1.00 bits per heavy atom. The number of hydrogen-bond acceptors (Lipinski definition) is 3. The van der Waals surface area contributed by atoms with Gasteiger partial charge in [-0.2, -0.15) is 0 Å². The number of aliphatic hydroxyl groups excluding tert-OH is 1. The zero-order valence-corrected chi connectivity index (χ0v) is 18.4. The molecule has 160 valence electrons. The Morgan fingerprint density at radius 3 is 2.33 bits per heavy atom. The average Bonchev–Trinajstić information content (AvgIpc) is 3.11. The Balaban J connectivity index is 1.39. The Morgan fingerprint density at radius 2 is 1.67 bits per heavy atom. The van der Waals surface area contributed by atoms with Crippen LogP contribution in [0.3, 0.4) is 0 Å². The maximum Gasteiger partial charge on any atom is 0.226 e. The molecule has 30 heavy (non-hydrogen) atoms. The molecule has 0 unspecified atom stereocenters. The van der Waals surface area contributed by atoms with Gasteiger partial charge in [0, 0.05) is 28.5 Å². The van der Waals surface area contributed by atoms with E-state index in [0.717, 1.165) is 49.8 Å². The Hall–Kier alpha value is -1.75. The van der Waals surface area contributed by atoms with Gasteiger partial charge in [0.2, 0.25) is 5.91 Å². The molecule has 1 aliphatic carbocycles. The summed E-state index contributed by atoms with van der Waals surface area (Å²) in [4.78, 5) is 15.0. The number of benzene rings is 2. The molecule has 4 nitrogen and oxygen atoms in total. The minimum atomic E-state index is -0.213. The van der Waals surface area contributed by atoms with Crippen molar-refractivity contribution < 1.29 is 14.6 Å². The molecule has 1 N–H and O–H groups in total. The largest absolute Gasteiger partial charge is 0.489 e. The third kappa shape index (κ3) is 4.93. The second-order valence-corrected chi connectivity index (χ2v) is 9.14. The van der Waals surface area contributed by atoms with Crippen molar-refractivity contribution >= 4 is 29.1 Å². The van der Waals surface area contributed by atoms with E-state index < -0.39 is 0 Å². The molecule has 0 spiro atoms. The van der Waals surface area contributed by atoms with E-state index >= 15 is 0 Å². The summed E-state index contributed by atoms with van der Waals surface area (Å²) in [6.45, 7) is 1.22. The standard InChI is InChI=1S/C24H27Cl2NO3/c25-22-13-20(30-15-16-4-2-1-3-5-16)14-23(26)21(22)12-17-10-11-27(24(17)29)18-6-8-19(28)9-7-18/h1-5,13-14,17-19,28H,6-12,15H2/t17-,18-,19-/m0/s1. The highest BCUT2D eigenvalue weighted by Gasteiger charge is 2.37. The molecule has 1 saturated carbocycles. The highest BCUT2D eigenvalue weighted by Crippen LogP contribution is 2.36. The Kier molecular flexibility index (Phi) is 6.87. The van der Waals surface area contributed by atoms with Gasteiger partial charge in [0.25, 0.3) is 0 Å². The minimum Gasteiger partial charge on any atom is -0.489 e. The van der Waals surface area contributed by atoms with E-state index in [1.807, 2.05) is 35.2 Å². The number of rotatable bonds is 6. The summed E-state index contributed by atoms with van der Waals surface area (Å²) in [5.74, 6) is 0.716. The van der Waals surface area contributed by atoms with E-state index in [-0.39, 0.29) is 24.0 Å². The summed E-state index contributed by atoms with van der Waals surface area (Å²) in [5.41, 5.74) is 1.88. The summed E-state index contributed by atoms with van der Waals surface area (Å²) >= 11 is 13.1. The first-order chi connectivity index (χ1) is 14.5. The molecule has 2 fully saturated rings. The number of carbonyl (C=O) groups is 1. The van der Waals surface area contributed by atoms with Gasteiger partial charge in [-0.3, -0.25) is 4.79 Å². The van der Waals surface area contributed by atoms with Gasteiger partial charge in [-0.05, 0) is 61.8 Å². The fraction of sp³-hybridized carbons (Fsp3) is 0.458. The third-order valence-corrected chi connectivity index (χ3v) is 6.95. The SMILES string of the molecule is O=C1[C@H](Cc2c(Cl)cc(OCc3ccccc3)cc2Cl)CCN1[C@H]1CC[C@H](O)CC1. The van der Waals surface area contributed by atoms with Crippen molar-refractivity contribution in [3.05, 3.63) is 63.6 Å². The van der Waals surface area contributed by atoms with Crippen LogP contribution in [-0.2, 0) is 17.8 Å². The topological polar surface area (TPSA) is 49.8 Å². The molecule has 1 amide bonds. The van der Waals surface area contributed by atoms with Crippen LogP contribution >= 0.6 is 23.2 Å². The zero-order valence-electron chi connectivity index (χ0n) is 16.9. The van der Waals surface area contributed by atoms with Crippen LogP contribution in [0.1, 0.15) is 43.2 Å². The first kappa shape index (κ1) is 21.5. The number of hydrogen-bond donors (Lipinski definition) is 1. The van der Waals surface area contributed by atoms with Crippen LogP contribution in [0.25, 0.3) is 0 Å². The van der Waals surface area contributed by atoms with Crippen molar-refractivity contribution in [3.63, 3.8) is 0 Å². The van der Waals surface area contributed by atoms with Crippen molar-refractivity contribution in [2.45, 2.75) is 57.3 Å². The molecule has 2 aromatic rings. The van der Waals surface area contributed by atoms with Crippen molar-refractivity contribution in [2.75, 3.05) is 6.54 Å². The molecule has 1 heterocycles. The molecule has 1 atom stereocenters. The number of nitrogens with zero attached hydrogens (tertiary/aromatic N) is 1. The highest BCUT2D eigenvalue weighted by atomic mass is 35.5.